The van der Waals surface area contributed by atoms with Crippen LogP contribution in [0.5, 0.6) is 0 Å². The van der Waals surface area contributed by atoms with Crippen molar-refractivity contribution in [1.29, 1.82) is 0 Å². The molecule has 38 valence electrons. The zero-order valence-corrected chi connectivity index (χ0v) is 8.60. The minimum Gasteiger partial charge on any atom is -0.406 e. The number of nitrogens with two attached hydrogens (primary N) is 1. The summed E-state index contributed by atoms with van der Waals surface area (Å²) in [5.74, 6) is 0. The summed E-state index contributed by atoms with van der Waals surface area (Å²) in [5, 5.41) is 7.37. The van der Waals surface area contributed by atoms with Crippen LogP contribution in [0.2, 0.25) is 0 Å². The van der Waals surface area contributed by atoms with Crippen molar-refractivity contribution in [3.8, 4) is 0 Å². The molecule has 0 bridgehead atoms. The molecule has 0 aliphatic heterocycles. The van der Waals surface area contributed by atoms with E-state index >= 15 is 0 Å². The molecule has 0 aromatic carbocycles. The van der Waals surface area contributed by atoms with Gasteiger partial charge in [0.1, 0.15) is 5.13 Å². The molecule has 3 nitrogen and oxygen atoms in total. The Morgan fingerprint density at radius 3 is 2.25 bits per heavy atom. The van der Waals surface area contributed by atoms with Crippen LogP contribution in [0.25, 0.3) is 0 Å². The molecule has 0 saturated heterocycles. The average Bonchev–Trinajstić information content (AvgIpc) is 1.87. The van der Waals surface area contributed by atoms with Crippen molar-refractivity contribution in [2.24, 2.45) is 0 Å². The Labute approximate surface area is 68.9 Å². The fraction of sp³-hybridized carbons (Fsp3) is 0. The van der Waals surface area contributed by atoms with E-state index in [4.69, 9.17) is 5.73 Å². The summed E-state index contributed by atoms with van der Waals surface area (Å²) in [6.45, 7) is 0. The first-order valence-electron chi connectivity index (χ1n) is 1.55. The second-order valence-corrected chi connectivity index (χ2v) is 2.56. The summed E-state index contributed by atoms with van der Waals surface area (Å²) in [6.07, 6.45) is 0. The van der Waals surface area contributed by atoms with Gasteiger partial charge in [0.25, 0.3) is 0 Å². The van der Waals surface area contributed by atoms with Gasteiger partial charge in [0, 0.05) is 0 Å². The first-order valence-corrected chi connectivity index (χ1v) is 2.77. The molecule has 1 aromatic heterocycles. The fourth-order valence-electron chi connectivity index (χ4n) is 0.220. The van der Waals surface area contributed by atoms with Gasteiger partial charge in [-0.2, -0.15) is 5.10 Å². The third-order valence-electron chi connectivity index (χ3n) is 0.422. The molecule has 0 spiro atoms. The smallest absolute Gasteiger partial charge is 0.406 e. The van der Waals surface area contributed by atoms with E-state index in [0.717, 1.165) is 0 Å². The molecule has 1 heterocycles. The van der Waals surface area contributed by atoms with Gasteiger partial charge in [-0.3, -0.25) is 0 Å². The van der Waals surface area contributed by atoms with Gasteiger partial charge in [0.15, 0.2) is 0 Å². The van der Waals surface area contributed by atoms with Gasteiger partial charge in [-0.15, -0.1) is 5.10 Å². The molecule has 2 N–H and O–H groups in total. The van der Waals surface area contributed by atoms with Crippen LogP contribution in [-0.4, -0.2) is 10.2 Å². The Balaban J connectivity index is 0.000000490. The molecular weight excluding hydrogens is 196 g/mol. The fourth-order valence-corrected chi connectivity index (χ4v) is 0.860. The quantitative estimate of drug-likeness (QED) is 0.471. The van der Waals surface area contributed by atoms with Crippen LogP contribution in [0.15, 0.2) is 4.34 Å². The van der Waals surface area contributed by atoms with Gasteiger partial charge < -0.3 is 29.7 Å². The van der Waals surface area contributed by atoms with E-state index in [1.54, 1.807) is 0 Å². The van der Waals surface area contributed by atoms with Gasteiger partial charge in [-0.25, -0.2) is 0 Å². The predicted molar refractivity (Wildman–Crippen MR) is 30.0 cm³/mol. The molecule has 0 amide bonds. The van der Waals surface area contributed by atoms with Gasteiger partial charge in [0.2, 0.25) is 0 Å². The van der Waals surface area contributed by atoms with Crippen molar-refractivity contribution in [1.82, 2.24) is 10.2 Å². The number of nitrogen functional groups attached to an aromatic ring is 1. The number of hydrogen-bond donors (Lipinski definition) is 1. The van der Waals surface area contributed by atoms with Crippen molar-refractivity contribution in [3.05, 3.63) is 0 Å². The Morgan fingerprint density at radius 1 is 1.50 bits per heavy atom. The summed E-state index contributed by atoms with van der Waals surface area (Å²) >= 11 is 5.81. The molecule has 0 saturated carbocycles. The van der Waals surface area contributed by atoms with E-state index in [0.29, 0.717) is 9.47 Å². The third kappa shape index (κ3) is 1.98. The monoisotopic (exact) mass is 196 g/mol. The normalized spacial score (nSPS) is 8.00. The van der Waals surface area contributed by atoms with Crippen LogP contribution in [0.3, 0.4) is 0 Å². The minimum atomic E-state index is 0. The summed E-state index contributed by atoms with van der Waals surface area (Å²) in [6, 6.07) is 0. The zero-order chi connectivity index (χ0) is 5.28. The molecule has 0 radical (unpaired) electrons. The maximum absolute atomic E-state index is 5.16. The van der Waals surface area contributed by atoms with Crippen LogP contribution in [0.1, 0.15) is 0 Å². The molecule has 0 aliphatic carbocycles. The van der Waals surface area contributed by atoms with E-state index < -0.39 is 0 Å². The van der Waals surface area contributed by atoms with Crippen LogP contribution in [-0.2, 0) is 32.1 Å². The standard InChI is InChI=1S/C2H3N3S2.Zn/c3-1-4-5-2(6)7-1;/h(H2,3,4)(H,5,6);/q;+2/p-1. The molecule has 0 aliphatic rings. The minimum absolute atomic E-state index is 0. The van der Waals surface area contributed by atoms with Crippen molar-refractivity contribution in [2.45, 2.75) is 4.34 Å². The second-order valence-electron chi connectivity index (χ2n) is 0.906. The molecule has 6 heteroatoms. The summed E-state index contributed by atoms with van der Waals surface area (Å²) in [5.41, 5.74) is 5.16. The number of aromatic nitrogens is 2. The van der Waals surface area contributed by atoms with Crippen LogP contribution in [0, 0.1) is 0 Å². The van der Waals surface area contributed by atoms with Gasteiger partial charge in [-0.05, 0) is 4.34 Å². The molecule has 1 rings (SSSR count). The maximum atomic E-state index is 5.16. The van der Waals surface area contributed by atoms with Gasteiger partial charge in [-0.1, -0.05) is 0 Å². The largest absolute Gasteiger partial charge is 2.00 e. The van der Waals surface area contributed by atoms with Crippen molar-refractivity contribution in [2.75, 3.05) is 5.73 Å². The average molecular weight is 198 g/mol. The van der Waals surface area contributed by atoms with E-state index in [-0.39, 0.29) is 19.5 Å². The first kappa shape index (κ1) is 8.20. The first-order chi connectivity index (χ1) is 3.29. The summed E-state index contributed by atoms with van der Waals surface area (Å²) in [7, 11) is 0. The summed E-state index contributed by atoms with van der Waals surface area (Å²) in [4.78, 5) is 0. The Hall–Kier alpha value is 0.203. The molecule has 8 heavy (non-hydrogen) atoms. The van der Waals surface area contributed by atoms with E-state index in [9.17, 15) is 0 Å². The van der Waals surface area contributed by atoms with Gasteiger partial charge >= 0.3 is 19.5 Å². The molecule has 1 aromatic rings. The van der Waals surface area contributed by atoms with Crippen molar-refractivity contribution >= 4 is 29.1 Å². The number of anilines is 1. The Morgan fingerprint density at radius 2 is 2.12 bits per heavy atom. The SMILES string of the molecule is Nc1nnc([S-])s1.[Zn+2]. The van der Waals surface area contributed by atoms with Crippen molar-refractivity contribution < 1.29 is 19.5 Å². The molecule has 0 unspecified atom stereocenters. The van der Waals surface area contributed by atoms with Crippen LogP contribution in [0.4, 0.5) is 5.13 Å². The topological polar surface area (TPSA) is 51.8 Å². The van der Waals surface area contributed by atoms with E-state index in [1.165, 1.54) is 11.3 Å². The Bertz CT molecular complexity index is 148. The van der Waals surface area contributed by atoms with E-state index in [1.807, 2.05) is 0 Å². The maximum Gasteiger partial charge on any atom is 2.00 e. The number of rotatable bonds is 0. The second kappa shape index (κ2) is 3.27. The van der Waals surface area contributed by atoms with Crippen molar-refractivity contribution in [3.63, 3.8) is 0 Å². The Kier molecular flexibility index (Phi) is 3.36. The number of hydrogen-bond acceptors (Lipinski definition) is 5. The zero-order valence-electron chi connectivity index (χ0n) is 4.00. The predicted octanol–water partition coefficient (Wildman–Crippen LogP) is 0.0236. The summed E-state index contributed by atoms with van der Waals surface area (Å²) < 4.78 is 0.498. The van der Waals surface area contributed by atoms with E-state index in [2.05, 4.69) is 22.8 Å². The molecule has 0 fully saturated rings. The van der Waals surface area contributed by atoms with Crippen LogP contribution >= 0.6 is 11.3 Å². The molecular formula is C2H2N3S2Zn+. The molecule has 0 atom stereocenters. The van der Waals surface area contributed by atoms with Gasteiger partial charge in [0.05, 0.1) is 0 Å². The van der Waals surface area contributed by atoms with Crippen LogP contribution < -0.4 is 5.73 Å². The third-order valence-corrected chi connectivity index (χ3v) is 1.30. The number of nitrogens with zero attached hydrogens (tertiary/aromatic N) is 2.